The minimum Gasteiger partial charge on any atom is -0.456 e. The highest BCUT2D eigenvalue weighted by molar-refractivity contribution is 5.95. The molecule has 0 amide bonds. The highest BCUT2D eigenvalue weighted by Crippen LogP contribution is 2.40. The van der Waals surface area contributed by atoms with Crippen molar-refractivity contribution in [3.8, 4) is 11.5 Å². The van der Waals surface area contributed by atoms with Gasteiger partial charge in [-0.05, 0) is 47.8 Å². The van der Waals surface area contributed by atoms with E-state index in [-0.39, 0.29) is 5.54 Å². The highest BCUT2D eigenvalue weighted by Gasteiger charge is 2.23. The lowest BCUT2D eigenvalue weighted by molar-refractivity contribution is 0.413. The van der Waals surface area contributed by atoms with E-state index in [0.717, 1.165) is 41.0 Å². The fourth-order valence-corrected chi connectivity index (χ4v) is 3.70. The van der Waals surface area contributed by atoms with Gasteiger partial charge in [-0.1, -0.05) is 74.5 Å². The SMILES string of the molecule is CCC(N)(CC)c1ccc(C2=Cc3ccccc3Oc3ccccc32)cc1. The molecule has 1 aliphatic heterocycles. The van der Waals surface area contributed by atoms with E-state index in [1.165, 1.54) is 11.1 Å². The summed E-state index contributed by atoms with van der Waals surface area (Å²) in [4.78, 5) is 0. The van der Waals surface area contributed by atoms with Crippen molar-refractivity contribution >= 4 is 11.6 Å². The van der Waals surface area contributed by atoms with Crippen LogP contribution >= 0.6 is 0 Å². The molecule has 0 spiro atoms. The maximum atomic E-state index is 6.58. The predicted octanol–water partition coefficient (Wildman–Crippen LogP) is 6.36. The third-order valence-electron chi connectivity index (χ3n) is 5.65. The molecule has 0 saturated heterocycles. The molecule has 4 rings (SSSR count). The summed E-state index contributed by atoms with van der Waals surface area (Å²) in [6.07, 6.45) is 4.07. The Labute approximate surface area is 161 Å². The Kier molecular flexibility index (Phi) is 4.59. The van der Waals surface area contributed by atoms with Crippen LogP contribution in [0.4, 0.5) is 0 Å². The number of nitrogens with two attached hydrogens (primary N) is 1. The molecule has 3 aromatic carbocycles. The number of hydrogen-bond acceptors (Lipinski definition) is 2. The second kappa shape index (κ2) is 7.05. The first-order valence-corrected chi connectivity index (χ1v) is 9.62. The van der Waals surface area contributed by atoms with Gasteiger partial charge >= 0.3 is 0 Å². The molecule has 0 atom stereocenters. The minimum atomic E-state index is -0.260. The van der Waals surface area contributed by atoms with Crippen LogP contribution < -0.4 is 10.5 Å². The smallest absolute Gasteiger partial charge is 0.135 e. The van der Waals surface area contributed by atoms with Crippen molar-refractivity contribution in [1.82, 2.24) is 0 Å². The molecule has 0 aliphatic carbocycles. The van der Waals surface area contributed by atoms with Crippen LogP contribution in [0.1, 0.15) is 48.9 Å². The fraction of sp³-hybridized carbons (Fsp3) is 0.200. The Morgan fingerprint density at radius 3 is 2.11 bits per heavy atom. The van der Waals surface area contributed by atoms with Gasteiger partial charge in [0.05, 0.1) is 0 Å². The Balaban J connectivity index is 1.84. The number of rotatable bonds is 4. The summed E-state index contributed by atoms with van der Waals surface area (Å²) in [6, 6.07) is 25.1. The lowest BCUT2D eigenvalue weighted by atomic mass is 9.84. The molecule has 0 bridgehead atoms. The minimum absolute atomic E-state index is 0.260. The van der Waals surface area contributed by atoms with E-state index in [4.69, 9.17) is 10.5 Å². The Hall–Kier alpha value is -2.84. The van der Waals surface area contributed by atoms with Crippen LogP contribution in [-0.2, 0) is 5.54 Å². The zero-order valence-electron chi connectivity index (χ0n) is 15.9. The molecular weight excluding hydrogens is 330 g/mol. The van der Waals surface area contributed by atoms with Crippen molar-refractivity contribution in [2.75, 3.05) is 0 Å². The van der Waals surface area contributed by atoms with Crippen molar-refractivity contribution in [3.63, 3.8) is 0 Å². The van der Waals surface area contributed by atoms with Crippen LogP contribution in [0.5, 0.6) is 11.5 Å². The summed E-state index contributed by atoms with van der Waals surface area (Å²) in [7, 11) is 0. The molecule has 2 heteroatoms. The number of hydrogen-bond donors (Lipinski definition) is 1. The van der Waals surface area contributed by atoms with Crippen molar-refractivity contribution in [2.45, 2.75) is 32.2 Å². The summed E-state index contributed by atoms with van der Waals surface area (Å²) in [5.74, 6) is 1.77. The van der Waals surface area contributed by atoms with E-state index in [1.54, 1.807) is 0 Å². The Morgan fingerprint density at radius 1 is 0.778 bits per heavy atom. The van der Waals surface area contributed by atoms with Gasteiger partial charge in [0.1, 0.15) is 11.5 Å². The van der Waals surface area contributed by atoms with Gasteiger partial charge in [0.25, 0.3) is 0 Å². The van der Waals surface area contributed by atoms with Crippen LogP contribution in [0.3, 0.4) is 0 Å². The molecular formula is C25H25NO. The van der Waals surface area contributed by atoms with E-state index in [9.17, 15) is 0 Å². The number of fused-ring (bicyclic) bond motifs is 2. The monoisotopic (exact) mass is 355 g/mol. The first-order chi connectivity index (χ1) is 13.1. The average molecular weight is 355 g/mol. The quantitative estimate of drug-likeness (QED) is 0.462. The largest absolute Gasteiger partial charge is 0.456 e. The molecule has 2 nitrogen and oxygen atoms in total. The van der Waals surface area contributed by atoms with Gasteiger partial charge in [-0.15, -0.1) is 0 Å². The number of para-hydroxylation sites is 2. The maximum Gasteiger partial charge on any atom is 0.135 e. The predicted molar refractivity (Wildman–Crippen MR) is 113 cm³/mol. The van der Waals surface area contributed by atoms with Gasteiger partial charge in [0, 0.05) is 16.7 Å². The molecule has 27 heavy (non-hydrogen) atoms. The van der Waals surface area contributed by atoms with E-state index in [2.05, 4.69) is 62.4 Å². The van der Waals surface area contributed by atoms with Gasteiger partial charge in [-0.2, -0.15) is 0 Å². The van der Waals surface area contributed by atoms with Gasteiger partial charge in [0.15, 0.2) is 0 Å². The molecule has 1 aliphatic rings. The third kappa shape index (κ3) is 3.17. The standard InChI is InChI=1S/C25H25NO/c1-3-25(26,4-2)20-15-13-18(14-16-20)22-17-19-9-5-7-11-23(19)27-24-12-8-6-10-21(22)24/h5-17H,3-4,26H2,1-2H3. The Morgan fingerprint density at radius 2 is 1.41 bits per heavy atom. The number of ether oxygens (including phenoxy) is 1. The summed E-state index contributed by atoms with van der Waals surface area (Å²) in [5.41, 5.74) is 12.0. The lowest BCUT2D eigenvalue weighted by Gasteiger charge is -2.27. The molecule has 0 radical (unpaired) electrons. The van der Waals surface area contributed by atoms with Crippen molar-refractivity contribution in [2.24, 2.45) is 5.73 Å². The molecule has 136 valence electrons. The summed E-state index contributed by atoms with van der Waals surface area (Å²) in [6.45, 7) is 4.30. The van der Waals surface area contributed by atoms with Gasteiger partial charge < -0.3 is 10.5 Å². The first-order valence-electron chi connectivity index (χ1n) is 9.62. The van der Waals surface area contributed by atoms with Gasteiger partial charge in [-0.25, -0.2) is 0 Å². The van der Waals surface area contributed by atoms with Crippen molar-refractivity contribution in [1.29, 1.82) is 0 Å². The molecule has 0 saturated carbocycles. The zero-order chi connectivity index (χ0) is 18.9. The van der Waals surface area contributed by atoms with E-state index in [1.807, 2.05) is 30.3 Å². The lowest BCUT2D eigenvalue weighted by Crippen LogP contribution is -2.34. The summed E-state index contributed by atoms with van der Waals surface area (Å²) >= 11 is 0. The molecule has 1 heterocycles. The average Bonchev–Trinajstić information content (AvgIpc) is 2.90. The van der Waals surface area contributed by atoms with E-state index < -0.39 is 0 Å². The second-order valence-electron chi connectivity index (χ2n) is 7.13. The third-order valence-corrected chi connectivity index (χ3v) is 5.65. The fourth-order valence-electron chi connectivity index (χ4n) is 3.70. The molecule has 0 aromatic heterocycles. The molecule has 2 N–H and O–H groups in total. The molecule has 3 aromatic rings. The summed E-state index contributed by atoms with van der Waals surface area (Å²) < 4.78 is 6.19. The van der Waals surface area contributed by atoms with Crippen molar-refractivity contribution in [3.05, 3.63) is 95.1 Å². The second-order valence-corrected chi connectivity index (χ2v) is 7.13. The van der Waals surface area contributed by atoms with Crippen molar-refractivity contribution < 1.29 is 4.74 Å². The topological polar surface area (TPSA) is 35.2 Å². The Bertz CT molecular complexity index is 981. The van der Waals surface area contributed by atoms with Crippen LogP contribution in [0, 0.1) is 0 Å². The molecule has 0 fully saturated rings. The maximum absolute atomic E-state index is 6.58. The normalized spacial score (nSPS) is 13.1. The highest BCUT2D eigenvalue weighted by atomic mass is 16.5. The zero-order valence-corrected chi connectivity index (χ0v) is 15.9. The van der Waals surface area contributed by atoms with Crippen LogP contribution in [-0.4, -0.2) is 0 Å². The van der Waals surface area contributed by atoms with Crippen LogP contribution in [0.2, 0.25) is 0 Å². The summed E-state index contributed by atoms with van der Waals surface area (Å²) in [5, 5.41) is 0. The van der Waals surface area contributed by atoms with Gasteiger partial charge in [0.2, 0.25) is 0 Å². The van der Waals surface area contributed by atoms with E-state index >= 15 is 0 Å². The first kappa shape index (κ1) is 17.6. The van der Waals surface area contributed by atoms with Crippen LogP contribution in [0.25, 0.3) is 11.6 Å². The van der Waals surface area contributed by atoms with E-state index in [0.29, 0.717) is 0 Å². The van der Waals surface area contributed by atoms with Gasteiger partial charge in [-0.3, -0.25) is 0 Å². The molecule has 0 unspecified atom stereocenters. The van der Waals surface area contributed by atoms with Crippen LogP contribution in [0.15, 0.2) is 72.8 Å². The number of benzene rings is 3.